The SMILES string of the molecule is Cc1nccn1-c1ccc(CNC(=O)C2CCN(C(=O)c3ccc(Br)cc3)CC2)cc1F. The molecule has 0 bridgehead atoms. The summed E-state index contributed by atoms with van der Waals surface area (Å²) in [5.74, 6) is 0.116. The van der Waals surface area contributed by atoms with E-state index in [1.807, 2.05) is 19.1 Å². The highest BCUT2D eigenvalue weighted by molar-refractivity contribution is 9.10. The average molecular weight is 499 g/mol. The van der Waals surface area contributed by atoms with Gasteiger partial charge in [0.2, 0.25) is 5.91 Å². The first-order valence-corrected chi connectivity index (χ1v) is 11.3. The second kappa shape index (κ2) is 9.65. The van der Waals surface area contributed by atoms with Gasteiger partial charge in [-0.15, -0.1) is 0 Å². The van der Waals surface area contributed by atoms with Crippen molar-refractivity contribution in [3.05, 3.63) is 82.1 Å². The number of halogens is 2. The molecule has 4 rings (SSSR count). The van der Waals surface area contributed by atoms with Crippen molar-refractivity contribution >= 4 is 27.7 Å². The molecule has 0 aliphatic carbocycles. The van der Waals surface area contributed by atoms with Gasteiger partial charge in [-0.25, -0.2) is 9.37 Å². The monoisotopic (exact) mass is 498 g/mol. The molecule has 1 saturated heterocycles. The van der Waals surface area contributed by atoms with Crippen LogP contribution in [-0.4, -0.2) is 39.4 Å². The molecule has 2 heterocycles. The molecule has 1 fully saturated rings. The number of likely N-dealkylation sites (tertiary alicyclic amines) is 1. The molecule has 2 aromatic carbocycles. The summed E-state index contributed by atoms with van der Waals surface area (Å²) < 4.78 is 17.2. The first kappa shape index (κ1) is 22.2. The van der Waals surface area contributed by atoms with Crippen LogP contribution in [-0.2, 0) is 11.3 Å². The predicted molar refractivity (Wildman–Crippen MR) is 123 cm³/mol. The van der Waals surface area contributed by atoms with Crippen LogP contribution in [0.2, 0.25) is 0 Å². The van der Waals surface area contributed by atoms with Gasteiger partial charge in [0, 0.05) is 48.0 Å². The van der Waals surface area contributed by atoms with E-state index in [0.717, 1.165) is 4.47 Å². The Morgan fingerprint density at radius 1 is 1.16 bits per heavy atom. The Hall–Kier alpha value is -3.00. The Kier molecular flexibility index (Phi) is 6.69. The minimum Gasteiger partial charge on any atom is -0.352 e. The summed E-state index contributed by atoms with van der Waals surface area (Å²) >= 11 is 3.37. The number of hydrogen-bond acceptors (Lipinski definition) is 3. The lowest BCUT2D eigenvalue weighted by molar-refractivity contribution is -0.126. The highest BCUT2D eigenvalue weighted by atomic mass is 79.9. The van der Waals surface area contributed by atoms with Crippen molar-refractivity contribution in [1.82, 2.24) is 19.8 Å². The number of benzene rings is 2. The normalized spacial score (nSPS) is 14.4. The summed E-state index contributed by atoms with van der Waals surface area (Å²) in [6, 6.07) is 12.2. The van der Waals surface area contributed by atoms with Crippen molar-refractivity contribution in [2.45, 2.75) is 26.3 Å². The number of hydrogen-bond donors (Lipinski definition) is 1. The molecule has 0 atom stereocenters. The van der Waals surface area contributed by atoms with Gasteiger partial charge in [-0.3, -0.25) is 9.59 Å². The lowest BCUT2D eigenvalue weighted by Gasteiger charge is -2.31. The third kappa shape index (κ3) is 4.91. The van der Waals surface area contributed by atoms with Crippen molar-refractivity contribution in [3.8, 4) is 5.69 Å². The second-order valence-electron chi connectivity index (χ2n) is 7.92. The van der Waals surface area contributed by atoms with Crippen LogP contribution in [0.15, 0.2) is 59.3 Å². The fourth-order valence-electron chi connectivity index (χ4n) is 3.94. The molecule has 0 unspecified atom stereocenters. The zero-order valence-corrected chi connectivity index (χ0v) is 19.3. The van der Waals surface area contributed by atoms with Crippen LogP contribution in [0.3, 0.4) is 0 Å². The van der Waals surface area contributed by atoms with Crippen LogP contribution in [0.5, 0.6) is 0 Å². The number of rotatable bonds is 5. The van der Waals surface area contributed by atoms with Crippen LogP contribution in [0.1, 0.15) is 34.6 Å². The Labute approximate surface area is 194 Å². The van der Waals surface area contributed by atoms with Crippen molar-refractivity contribution in [1.29, 1.82) is 0 Å². The molecule has 32 heavy (non-hydrogen) atoms. The first-order valence-electron chi connectivity index (χ1n) is 10.5. The summed E-state index contributed by atoms with van der Waals surface area (Å²) in [7, 11) is 0. The maximum atomic E-state index is 14.6. The minimum atomic E-state index is -0.363. The standard InChI is InChI=1S/C24H24BrFN4O2/c1-16-27-10-13-30(16)22-7-2-17(14-21(22)26)15-28-23(31)18-8-11-29(12-9-18)24(32)19-3-5-20(25)6-4-19/h2-7,10,13-14,18H,8-9,11-12,15H2,1H3,(H,28,31). The van der Waals surface area contributed by atoms with Crippen LogP contribution in [0.4, 0.5) is 4.39 Å². The van der Waals surface area contributed by atoms with E-state index in [4.69, 9.17) is 0 Å². The number of piperidine rings is 1. The van der Waals surface area contributed by atoms with E-state index in [1.165, 1.54) is 6.07 Å². The van der Waals surface area contributed by atoms with Crippen molar-refractivity contribution in [2.75, 3.05) is 13.1 Å². The van der Waals surface area contributed by atoms with E-state index in [-0.39, 0.29) is 30.1 Å². The Bertz CT molecular complexity index is 1120. The maximum Gasteiger partial charge on any atom is 0.253 e. The number of amides is 2. The Morgan fingerprint density at radius 3 is 2.50 bits per heavy atom. The van der Waals surface area contributed by atoms with Gasteiger partial charge in [-0.05, 0) is 61.7 Å². The summed E-state index contributed by atoms with van der Waals surface area (Å²) in [5, 5.41) is 2.91. The third-order valence-electron chi connectivity index (χ3n) is 5.81. The van der Waals surface area contributed by atoms with E-state index in [9.17, 15) is 14.0 Å². The van der Waals surface area contributed by atoms with E-state index < -0.39 is 0 Å². The van der Waals surface area contributed by atoms with Gasteiger partial charge in [0.15, 0.2) is 0 Å². The van der Waals surface area contributed by atoms with Gasteiger partial charge in [-0.2, -0.15) is 0 Å². The van der Waals surface area contributed by atoms with Crippen LogP contribution in [0.25, 0.3) is 5.69 Å². The molecule has 1 aliphatic rings. The quantitative estimate of drug-likeness (QED) is 0.571. The van der Waals surface area contributed by atoms with Crippen LogP contribution < -0.4 is 5.32 Å². The number of imidazole rings is 1. The molecule has 0 saturated carbocycles. The molecule has 166 valence electrons. The number of nitrogens with zero attached hydrogens (tertiary/aromatic N) is 3. The fraction of sp³-hybridized carbons (Fsp3) is 0.292. The first-order chi connectivity index (χ1) is 15.4. The summed E-state index contributed by atoms with van der Waals surface area (Å²) in [6.07, 6.45) is 4.56. The van der Waals surface area contributed by atoms with Crippen LogP contribution >= 0.6 is 15.9 Å². The van der Waals surface area contributed by atoms with E-state index >= 15 is 0 Å². The molecule has 1 aliphatic heterocycles. The lowest BCUT2D eigenvalue weighted by Crippen LogP contribution is -2.42. The van der Waals surface area contributed by atoms with E-state index in [1.54, 1.807) is 46.1 Å². The van der Waals surface area contributed by atoms with E-state index in [0.29, 0.717) is 48.6 Å². The zero-order chi connectivity index (χ0) is 22.7. The Morgan fingerprint density at radius 2 is 1.88 bits per heavy atom. The average Bonchev–Trinajstić information content (AvgIpc) is 3.23. The summed E-state index contributed by atoms with van der Waals surface area (Å²) in [6.45, 7) is 3.16. The van der Waals surface area contributed by atoms with E-state index in [2.05, 4.69) is 26.2 Å². The van der Waals surface area contributed by atoms with Gasteiger partial charge < -0.3 is 14.8 Å². The van der Waals surface area contributed by atoms with Gasteiger partial charge in [0.05, 0.1) is 5.69 Å². The van der Waals surface area contributed by atoms with Gasteiger partial charge >= 0.3 is 0 Å². The highest BCUT2D eigenvalue weighted by Gasteiger charge is 2.27. The smallest absolute Gasteiger partial charge is 0.253 e. The molecule has 3 aromatic rings. The highest BCUT2D eigenvalue weighted by Crippen LogP contribution is 2.21. The largest absolute Gasteiger partial charge is 0.352 e. The van der Waals surface area contributed by atoms with Crippen molar-refractivity contribution < 1.29 is 14.0 Å². The second-order valence-corrected chi connectivity index (χ2v) is 8.84. The maximum absolute atomic E-state index is 14.6. The number of aryl methyl sites for hydroxylation is 1. The molecule has 1 aromatic heterocycles. The number of carbonyl (C=O) groups is 2. The molecule has 6 nitrogen and oxygen atoms in total. The molecule has 0 radical (unpaired) electrons. The number of aromatic nitrogens is 2. The summed E-state index contributed by atoms with van der Waals surface area (Å²) in [5.41, 5.74) is 1.77. The zero-order valence-electron chi connectivity index (χ0n) is 17.7. The number of nitrogens with one attached hydrogen (secondary N) is 1. The van der Waals surface area contributed by atoms with Crippen molar-refractivity contribution in [2.24, 2.45) is 5.92 Å². The molecule has 0 spiro atoms. The third-order valence-corrected chi connectivity index (χ3v) is 6.34. The molecular weight excluding hydrogens is 475 g/mol. The number of carbonyl (C=O) groups excluding carboxylic acids is 2. The Balaban J connectivity index is 1.29. The molecule has 8 heteroatoms. The minimum absolute atomic E-state index is 0.0138. The molecule has 1 N–H and O–H groups in total. The van der Waals surface area contributed by atoms with Gasteiger partial charge in [0.25, 0.3) is 5.91 Å². The van der Waals surface area contributed by atoms with Crippen molar-refractivity contribution in [3.63, 3.8) is 0 Å². The van der Waals surface area contributed by atoms with Gasteiger partial charge in [-0.1, -0.05) is 22.0 Å². The lowest BCUT2D eigenvalue weighted by atomic mass is 9.95. The molecular formula is C24H24BrFN4O2. The van der Waals surface area contributed by atoms with Crippen LogP contribution in [0, 0.1) is 18.7 Å². The van der Waals surface area contributed by atoms with Gasteiger partial charge in [0.1, 0.15) is 11.6 Å². The summed E-state index contributed by atoms with van der Waals surface area (Å²) in [4.78, 5) is 31.2. The topological polar surface area (TPSA) is 67.2 Å². The predicted octanol–water partition coefficient (Wildman–Crippen LogP) is 4.25. The molecule has 2 amide bonds. The fourth-order valence-corrected chi connectivity index (χ4v) is 4.21.